The summed E-state index contributed by atoms with van der Waals surface area (Å²) >= 11 is 0. The summed E-state index contributed by atoms with van der Waals surface area (Å²) in [6.07, 6.45) is 13.8. The van der Waals surface area contributed by atoms with Gasteiger partial charge in [0, 0.05) is 13.6 Å². The van der Waals surface area contributed by atoms with Gasteiger partial charge in [0.25, 0.3) is 0 Å². The normalized spacial score (nSPS) is 11.1. The van der Waals surface area contributed by atoms with Crippen molar-refractivity contribution in [2.75, 3.05) is 13.6 Å². The zero-order valence-electron chi connectivity index (χ0n) is 10.3. The Labute approximate surface area is 90.2 Å². The molecule has 0 heterocycles. The first kappa shape index (κ1) is 13.5. The van der Waals surface area contributed by atoms with Crippen molar-refractivity contribution in [1.82, 2.24) is 4.90 Å². The average molecular weight is 197 g/mol. The van der Waals surface area contributed by atoms with E-state index in [-0.39, 0.29) is 0 Å². The SMILES string of the molecule is CCCCCC/C=C/N(C)CCCC. The van der Waals surface area contributed by atoms with Crippen molar-refractivity contribution in [2.45, 2.75) is 58.8 Å². The molecule has 0 amide bonds. The largest absolute Gasteiger partial charge is 0.381 e. The van der Waals surface area contributed by atoms with Crippen LogP contribution in [0.2, 0.25) is 0 Å². The lowest BCUT2D eigenvalue weighted by molar-refractivity contribution is 0.439. The fraction of sp³-hybridized carbons (Fsp3) is 0.846. The lowest BCUT2D eigenvalue weighted by atomic mass is 10.1. The van der Waals surface area contributed by atoms with E-state index in [0.717, 1.165) is 0 Å². The molecule has 0 bridgehead atoms. The van der Waals surface area contributed by atoms with Crippen molar-refractivity contribution in [3.05, 3.63) is 12.3 Å². The van der Waals surface area contributed by atoms with Gasteiger partial charge in [-0.3, -0.25) is 0 Å². The van der Waals surface area contributed by atoms with Gasteiger partial charge in [-0.05, 0) is 25.5 Å². The zero-order valence-corrected chi connectivity index (χ0v) is 10.3. The van der Waals surface area contributed by atoms with E-state index >= 15 is 0 Å². The molecule has 0 radical (unpaired) electrons. The number of hydrogen-bond donors (Lipinski definition) is 0. The minimum Gasteiger partial charge on any atom is -0.381 e. The lowest BCUT2D eigenvalue weighted by Crippen LogP contribution is -2.11. The van der Waals surface area contributed by atoms with Crippen molar-refractivity contribution < 1.29 is 0 Å². The predicted octanol–water partition coefficient (Wildman–Crippen LogP) is 4.20. The highest BCUT2D eigenvalue weighted by Gasteiger charge is 1.89. The zero-order chi connectivity index (χ0) is 10.6. The second kappa shape index (κ2) is 10.6. The quantitative estimate of drug-likeness (QED) is 0.501. The van der Waals surface area contributed by atoms with Crippen molar-refractivity contribution in [1.29, 1.82) is 0 Å². The van der Waals surface area contributed by atoms with Crippen molar-refractivity contribution in [3.63, 3.8) is 0 Å². The maximum absolute atomic E-state index is 2.31. The maximum atomic E-state index is 2.31. The molecule has 0 aromatic rings. The summed E-state index contributed by atoms with van der Waals surface area (Å²) in [5.74, 6) is 0. The number of hydrogen-bond acceptors (Lipinski definition) is 1. The molecular formula is C13H27N. The first-order chi connectivity index (χ1) is 6.81. The van der Waals surface area contributed by atoms with Crippen LogP contribution in [0.5, 0.6) is 0 Å². The molecular weight excluding hydrogens is 170 g/mol. The molecule has 0 fully saturated rings. The van der Waals surface area contributed by atoms with Crippen LogP contribution in [0.3, 0.4) is 0 Å². The summed E-state index contributed by atoms with van der Waals surface area (Å²) in [4.78, 5) is 2.29. The fourth-order valence-corrected chi connectivity index (χ4v) is 1.43. The fourth-order valence-electron chi connectivity index (χ4n) is 1.43. The van der Waals surface area contributed by atoms with Crippen molar-refractivity contribution in [2.24, 2.45) is 0 Å². The summed E-state index contributed by atoms with van der Waals surface area (Å²) in [5, 5.41) is 0. The molecule has 0 saturated heterocycles. The Balaban J connectivity index is 3.23. The van der Waals surface area contributed by atoms with Crippen LogP contribution in [0, 0.1) is 0 Å². The van der Waals surface area contributed by atoms with Crippen LogP contribution in [-0.4, -0.2) is 18.5 Å². The second-order valence-corrected chi connectivity index (χ2v) is 4.07. The highest BCUT2D eigenvalue weighted by Crippen LogP contribution is 2.03. The molecule has 0 spiro atoms. The molecule has 0 unspecified atom stereocenters. The molecule has 0 rings (SSSR count). The Morgan fingerprint density at radius 3 is 2.29 bits per heavy atom. The number of unbranched alkanes of at least 4 members (excludes halogenated alkanes) is 5. The van der Waals surface area contributed by atoms with Gasteiger partial charge in [0.2, 0.25) is 0 Å². The number of rotatable bonds is 9. The highest BCUT2D eigenvalue weighted by atomic mass is 15.1. The summed E-state index contributed by atoms with van der Waals surface area (Å²) in [7, 11) is 2.16. The Bertz CT molecular complexity index is 129. The number of allylic oxidation sites excluding steroid dienone is 1. The van der Waals surface area contributed by atoms with Crippen LogP contribution < -0.4 is 0 Å². The van der Waals surface area contributed by atoms with E-state index in [9.17, 15) is 0 Å². The standard InChI is InChI=1S/C13H27N/c1-4-6-8-9-10-11-13-14(3)12-7-5-2/h11,13H,4-10,12H2,1-3H3/b13-11+. The first-order valence-electron chi connectivity index (χ1n) is 6.18. The predicted molar refractivity (Wildman–Crippen MR) is 65.4 cm³/mol. The molecule has 14 heavy (non-hydrogen) atoms. The molecule has 1 nitrogen and oxygen atoms in total. The van der Waals surface area contributed by atoms with Crippen LogP contribution in [0.15, 0.2) is 12.3 Å². The molecule has 0 aliphatic heterocycles. The molecule has 84 valence electrons. The monoisotopic (exact) mass is 197 g/mol. The van der Waals surface area contributed by atoms with E-state index in [4.69, 9.17) is 0 Å². The Kier molecular flexibility index (Phi) is 10.3. The average Bonchev–Trinajstić information content (AvgIpc) is 2.20. The Morgan fingerprint density at radius 2 is 1.64 bits per heavy atom. The van der Waals surface area contributed by atoms with Crippen LogP contribution in [0.25, 0.3) is 0 Å². The lowest BCUT2D eigenvalue weighted by Gasteiger charge is -2.12. The maximum Gasteiger partial charge on any atom is 0.0169 e. The molecule has 0 aromatic carbocycles. The van der Waals surface area contributed by atoms with Gasteiger partial charge >= 0.3 is 0 Å². The first-order valence-corrected chi connectivity index (χ1v) is 6.18. The van der Waals surface area contributed by atoms with E-state index in [1.807, 2.05) is 0 Å². The van der Waals surface area contributed by atoms with Crippen LogP contribution in [0.1, 0.15) is 58.8 Å². The van der Waals surface area contributed by atoms with Gasteiger partial charge in [-0.2, -0.15) is 0 Å². The Morgan fingerprint density at radius 1 is 0.929 bits per heavy atom. The second-order valence-electron chi connectivity index (χ2n) is 4.07. The van der Waals surface area contributed by atoms with E-state index < -0.39 is 0 Å². The van der Waals surface area contributed by atoms with Gasteiger partial charge in [-0.15, -0.1) is 0 Å². The minimum atomic E-state index is 1.20. The van der Waals surface area contributed by atoms with Crippen molar-refractivity contribution >= 4 is 0 Å². The van der Waals surface area contributed by atoms with E-state index in [1.54, 1.807) is 0 Å². The Hall–Kier alpha value is -0.460. The van der Waals surface area contributed by atoms with Crippen LogP contribution >= 0.6 is 0 Å². The number of nitrogens with zero attached hydrogens (tertiary/aromatic N) is 1. The molecule has 0 aromatic heterocycles. The topological polar surface area (TPSA) is 3.24 Å². The summed E-state index contributed by atoms with van der Waals surface area (Å²) in [5.41, 5.74) is 0. The third-order valence-corrected chi connectivity index (χ3v) is 2.45. The van der Waals surface area contributed by atoms with E-state index in [1.165, 1.54) is 51.5 Å². The van der Waals surface area contributed by atoms with Gasteiger partial charge in [0.15, 0.2) is 0 Å². The highest BCUT2D eigenvalue weighted by molar-refractivity contribution is 4.80. The third-order valence-electron chi connectivity index (χ3n) is 2.45. The van der Waals surface area contributed by atoms with Gasteiger partial charge in [-0.25, -0.2) is 0 Å². The molecule has 0 aliphatic rings. The van der Waals surface area contributed by atoms with E-state index in [0.29, 0.717) is 0 Å². The molecule has 0 atom stereocenters. The molecule has 0 aliphatic carbocycles. The van der Waals surface area contributed by atoms with Gasteiger partial charge < -0.3 is 4.90 Å². The third kappa shape index (κ3) is 9.63. The van der Waals surface area contributed by atoms with Gasteiger partial charge in [-0.1, -0.05) is 45.6 Å². The van der Waals surface area contributed by atoms with Gasteiger partial charge in [0.1, 0.15) is 0 Å². The summed E-state index contributed by atoms with van der Waals surface area (Å²) in [6.45, 7) is 5.69. The molecule has 0 saturated carbocycles. The van der Waals surface area contributed by atoms with E-state index in [2.05, 4.69) is 38.1 Å². The van der Waals surface area contributed by atoms with Crippen LogP contribution in [0.4, 0.5) is 0 Å². The van der Waals surface area contributed by atoms with Crippen molar-refractivity contribution in [3.8, 4) is 0 Å². The minimum absolute atomic E-state index is 1.20. The summed E-state index contributed by atoms with van der Waals surface area (Å²) in [6, 6.07) is 0. The molecule has 1 heteroatoms. The molecule has 0 N–H and O–H groups in total. The smallest absolute Gasteiger partial charge is 0.0169 e. The van der Waals surface area contributed by atoms with Crippen LogP contribution in [-0.2, 0) is 0 Å². The van der Waals surface area contributed by atoms with Gasteiger partial charge in [0.05, 0.1) is 0 Å². The summed E-state index contributed by atoms with van der Waals surface area (Å²) < 4.78 is 0.